The van der Waals surface area contributed by atoms with E-state index >= 15 is 0 Å². The van der Waals surface area contributed by atoms with E-state index in [4.69, 9.17) is 5.73 Å². The van der Waals surface area contributed by atoms with E-state index in [2.05, 4.69) is 27.1 Å². The van der Waals surface area contributed by atoms with Crippen molar-refractivity contribution in [3.05, 3.63) is 66.0 Å². The van der Waals surface area contributed by atoms with E-state index in [1.54, 1.807) is 12.1 Å². The van der Waals surface area contributed by atoms with E-state index in [9.17, 15) is 9.90 Å². The zero-order valence-corrected chi connectivity index (χ0v) is 16.3. The molecule has 146 valence electrons. The molecule has 4 rings (SSSR count). The van der Waals surface area contributed by atoms with E-state index in [0.29, 0.717) is 34.2 Å². The molecule has 0 unspecified atom stereocenters. The number of phenolic OH excluding ortho intramolecular Hbond substituents is 1. The van der Waals surface area contributed by atoms with Gasteiger partial charge in [-0.05, 0) is 24.1 Å². The van der Waals surface area contributed by atoms with Crippen molar-refractivity contribution >= 4 is 35.0 Å². The van der Waals surface area contributed by atoms with Crippen LogP contribution in [0.2, 0.25) is 0 Å². The van der Waals surface area contributed by atoms with E-state index in [1.807, 2.05) is 28.8 Å². The minimum Gasteiger partial charge on any atom is -0.508 e. The van der Waals surface area contributed by atoms with Gasteiger partial charge in [-0.25, -0.2) is 15.0 Å². The van der Waals surface area contributed by atoms with Crippen molar-refractivity contribution < 1.29 is 9.90 Å². The van der Waals surface area contributed by atoms with Crippen molar-refractivity contribution in [2.75, 3.05) is 5.73 Å². The number of aldehydes is 1. The molecule has 29 heavy (non-hydrogen) atoms. The summed E-state index contributed by atoms with van der Waals surface area (Å²) in [5, 5.41) is 10.9. The number of nitrogens with two attached hydrogens (primary N) is 1. The number of aromatic nitrogens is 4. The van der Waals surface area contributed by atoms with Crippen LogP contribution in [-0.4, -0.2) is 30.9 Å². The Hall–Kier alpha value is -3.39. The first kappa shape index (κ1) is 18.9. The number of fused-ring (bicyclic) bond motifs is 1. The van der Waals surface area contributed by atoms with Gasteiger partial charge in [-0.3, -0.25) is 0 Å². The maximum atomic E-state index is 10.7. The molecule has 4 aromatic rings. The zero-order chi connectivity index (χ0) is 20.2. The first-order chi connectivity index (χ1) is 14.2. The summed E-state index contributed by atoms with van der Waals surface area (Å²) in [6, 6.07) is 15.4. The summed E-state index contributed by atoms with van der Waals surface area (Å²) in [7, 11) is 0. The van der Waals surface area contributed by atoms with Gasteiger partial charge < -0.3 is 20.2 Å². The van der Waals surface area contributed by atoms with Crippen molar-refractivity contribution in [1.29, 1.82) is 0 Å². The molecule has 3 N–H and O–H groups in total. The Morgan fingerprint density at radius 2 is 1.97 bits per heavy atom. The second-order valence-electron chi connectivity index (χ2n) is 6.48. The molecule has 0 aliphatic rings. The van der Waals surface area contributed by atoms with Gasteiger partial charge in [-0.2, -0.15) is 0 Å². The highest BCUT2D eigenvalue weighted by atomic mass is 32.2. The Kier molecular flexibility index (Phi) is 5.44. The number of benzene rings is 2. The van der Waals surface area contributed by atoms with Gasteiger partial charge in [0.2, 0.25) is 0 Å². The lowest BCUT2D eigenvalue weighted by Crippen LogP contribution is -2.04. The van der Waals surface area contributed by atoms with Gasteiger partial charge in [0.05, 0.1) is 0 Å². The molecule has 2 aromatic carbocycles. The summed E-state index contributed by atoms with van der Waals surface area (Å²) in [5.41, 5.74) is 9.05. The Bertz CT molecular complexity index is 1160. The molecule has 8 heteroatoms. The van der Waals surface area contributed by atoms with Crippen LogP contribution in [-0.2, 0) is 24.2 Å². The van der Waals surface area contributed by atoms with Gasteiger partial charge in [-0.1, -0.05) is 48.2 Å². The lowest BCUT2D eigenvalue weighted by molar-refractivity contribution is -0.107. The molecule has 2 aromatic heterocycles. The second kappa shape index (κ2) is 8.32. The van der Waals surface area contributed by atoms with Crippen molar-refractivity contribution in [3.8, 4) is 5.75 Å². The SMILES string of the molecule is Nc1ncnc2c1nc(Sc1ccc(CC=O)c(O)c1)n2CCc1ccccc1. The number of carbonyl (C=O) groups excluding carboxylic acids is 1. The van der Waals surface area contributed by atoms with E-state index in [0.717, 1.165) is 17.6 Å². The first-order valence-electron chi connectivity index (χ1n) is 9.09. The fourth-order valence-electron chi connectivity index (χ4n) is 3.07. The predicted molar refractivity (Wildman–Crippen MR) is 112 cm³/mol. The molecular formula is C21H19N5O2S. The summed E-state index contributed by atoms with van der Waals surface area (Å²) in [5.74, 6) is 0.424. The number of nitrogen functional groups attached to an aromatic ring is 1. The summed E-state index contributed by atoms with van der Waals surface area (Å²) in [4.78, 5) is 24.6. The molecule has 0 saturated heterocycles. The van der Waals surface area contributed by atoms with Gasteiger partial charge in [0.15, 0.2) is 22.1 Å². The molecule has 0 fully saturated rings. The maximum Gasteiger partial charge on any atom is 0.175 e. The van der Waals surface area contributed by atoms with Crippen LogP contribution in [0.3, 0.4) is 0 Å². The molecule has 0 atom stereocenters. The summed E-state index contributed by atoms with van der Waals surface area (Å²) in [6.07, 6.45) is 3.20. The third-order valence-electron chi connectivity index (χ3n) is 4.56. The fourth-order valence-corrected chi connectivity index (χ4v) is 4.02. The average molecular weight is 405 g/mol. The van der Waals surface area contributed by atoms with Gasteiger partial charge >= 0.3 is 0 Å². The molecule has 0 bridgehead atoms. The maximum absolute atomic E-state index is 10.7. The molecule has 0 amide bonds. The van der Waals surface area contributed by atoms with Crippen LogP contribution in [0.4, 0.5) is 5.82 Å². The molecule has 0 aliphatic carbocycles. The van der Waals surface area contributed by atoms with Crippen LogP contribution in [0.5, 0.6) is 5.75 Å². The Morgan fingerprint density at radius 3 is 2.72 bits per heavy atom. The summed E-state index contributed by atoms with van der Waals surface area (Å²) < 4.78 is 2.02. The van der Waals surface area contributed by atoms with Crippen LogP contribution >= 0.6 is 11.8 Å². The quantitative estimate of drug-likeness (QED) is 0.455. The molecule has 0 aliphatic heterocycles. The number of phenols is 1. The van der Waals surface area contributed by atoms with Crippen molar-refractivity contribution in [2.24, 2.45) is 0 Å². The molecule has 2 heterocycles. The molecule has 0 radical (unpaired) electrons. The number of aryl methyl sites for hydroxylation is 2. The number of anilines is 1. The van der Waals surface area contributed by atoms with Crippen molar-refractivity contribution in [1.82, 2.24) is 19.5 Å². The smallest absolute Gasteiger partial charge is 0.175 e. The van der Waals surface area contributed by atoms with Gasteiger partial charge in [-0.15, -0.1) is 0 Å². The minimum atomic E-state index is 0.0911. The summed E-state index contributed by atoms with van der Waals surface area (Å²) in [6.45, 7) is 0.675. The van der Waals surface area contributed by atoms with E-state index < -0.39 is 0 Å². The predicted octanol–water partition coefficient (Wildman–Crippen LogP) is 3.25. The van der Waals surface area contributed by atoms with Gasteiger partial charge in [0.25, 0.3) is 0 Å². The molecule has 0 saturated carbocycles. The normalized spacial score (nSPS) is 11.0. The number of hydrogen-bond acceptors (Lipinski definition) is 7. The highest BCUT2D eigenvalue weighted by molar-refractivity contribution is 7.99. The van der Waals surface area contributed by atoms with Crippen LogP contribution in [0.1, 0.15) is 11.1 Å². The van der Waals surface area contributed by atoms with Crippen LogP contribution in [0.15, 0.2) is 64.9 Å². The zero-order valence-electron chi connectivity index (χ0n) is 15.5. The van der Waals surface area contributed by atoms with Crippen LogP contribution < -0.4 is 5.73 Å². The van der Waals surface area contributed by atoms with E-state index in [1.165, 1.54) is 23.7 Å². The van der Waals surface area contributed by atoms with E-state index in [-0.39, 0.29) is 12.2 Å². The van der Waals surface area contributed by atoms with Crippen molar-refractivity contribution in [2.45, 2.75) is 29.4 Å². The third kappa shape index (κ3) is 4.07. The number of nitrogens with zero attached hydrogens (tertiary/aromatic N) is 4. The van der Waals surface area contributed by atoms with Gasteiger partial charge in [0.1, 0.15) is 18.4 Å². The fraction of sp³-hybridized carbons (Fsp3) is 0.143. The summed E-state index contributed by atoms with van der Waals surface area (Å²) >= 11 is 1.40. The van der Waals surface area contributed by atoms with Crippen LogP contribution in [0.25, 0.3) is 11.2 Å². The number of hydrogen-bond donors (Lipinski definition) is 2. The topological polar surface area (TPSA) is 107 Å². The third-order valence-corrected chi connectivity index (χ3v) is 5.55. The minimum absolute atomic E-state index is 0.0911. The first-order valence-corrected chi connectivity index (χ1v) is 9.91. The molecular weight excluding hydrogens is 386 g/mol. The number of imidazole rings is 1. The highest BCUT2D eigenvalue weighted by Gasteiger charge is 2.16. The molecule has 0 spiro atoms. The van der Waals surface area contributed by atoms with Crippen LogP contribution in [0, 0.1) is 0 Å². The average Bonchev–Trinajstić information content (AvgIpc) is 3.08. The number of carbonyl (C=O) groups is 1. The Morgan fingerprint density at radius 1 is 1.14 bits per heavy atom. The highest BCUT2D eigenvalue weighted by Crippen LogP contribution is 2.33. The monoisotopic (exact) mass is 405 g/mol. The number of rotatable bonds is 7. The van der Waals surface area contributed by atoms with Crippen molar-refractivity contribution in [3.63, 3.8) is 0 Å². The largest absolute Gasteiger partial charge is 0.508 e. The lowest BCUT2D eigenvalue weighted by Gasteiger charge is -2.09. The second-order valence-corrected chi connectivity index (χ2v) is 7.52. The molecule has 7 nitrogen and oxygen atoms in total. The van der Waals surface area contributed by atoms with Gasteiger partial charge in [0, 0.05) is 23.4 Å². The lowest BCUT2D eigenvalue weighted by atomic mass is 10.1. The number of aromatic hydroxyl groups is 1. The Labute approximate surface area is 171 Å². The Balaban J connectivity index is 1.68. The standard InChI is InChI=1S/C21H19N5O2S/c22-19-18-20(24-13-23-19)26(10-8-14-4-2-1-3-5-14)21(25-18)29-16-7-6-15(9-11-27)17(28)12-16/h1-7,11-13,28H,8-10H2,(H2,22,23,24).